The highest BCUT2D eigenvalue weighted by atomic mass is 14.4. The van der Waals surface area contributed by atoms with E-state index in [2.05, 4.69) is 79.8 Å². The average molecular weight is 384 g/mol. The molecule has 1 aliphatic rings. The van der Waals surface area contributed by atoms with E-state index in [4.69, 9.17) is 0 Å². The molecule has 3 rings (SSSR count). The fourth-order valence-corrected chi connectivity index (χ4v) is 4.10. The summed E-state index contributed by atoms with van der Waals surface area (Å²) >= 11 is 0. The van der Waals surface area contributed by atoms with Crippen molar-refractivity contribution in [2.24, 2.45) is 5.41 Å². The molecular formula is C28H33N. The highest BCUT2D eigenvalue weighted by Gasteiger charge is 2.27. The maximum Gasteiger partial charge on any atom is 0.0791 e. The first-order chi connectivity index (χ1) is 14.3. The number of hydrogen-bond donors (Lipinski definition) is 0. The Bertz CT molecular complexity index is 851. The molecule has 0 aliphatic heterocycles. The molecule has 1 heteroatoms. The molecule has 150 valence electrons. The molecule has 0 saturated heterocycles. The number of hydrogen-bond acceptors (Lipinski definition) is 1. The maximum atomic E-state index is 9.80. The van der Waals surface area contributed by atoms with Gasteiger partial charge in [-0.25, -0.2) is 0 Å². The van der Waals surface area contributed by atoms with Crippen LogP contribution in [0.2, 0.25) is 0 Å². The molecule has 1 unspecified atom stereocenters. The van der Waals surface area contributed by atoms with Crippen molar-refractivity contribution in [1.29, 1.82) is 5.26 Å². The lowest BCUT2D eigenvalue weighted by Crippen LogP contribution is -2.17. The SMILES string of the molecule is CCCCCCCCCC1(C#N)C=CC(c2ccc(-c3ccccc3)cc2)=CC1. The van der Waals surface area contributed by atoms with Crippen molar-refractivity contribution in [3.05, 3.63) is 78.4 Å². The number of allylic oxidation sites excluding steroid dienone is 4. The van der Waals surface area contributed by atoms with Gasteiger partial charge in [-0.15, -0.1) is 0 Å². The van der Waals surface area contributed by atoms with Crippen LogP contribution in [0.5, 0.6) is 0 Å². The zero-order chi connectivity index (χ0) is 20.4. The number of nitrogens with zero attached hydrogens (tertiary/aromatic N) is 1. The molecule has 1 atom stereocenters. The van der Waals surface area contributed by atoms with Gasteiger partial charge in [0.15, 0.2) is 0 Å². The Morgan fingerprint density at radius 2 is 1.41 bits per heavy atom. The summed E-state index contributed by atoms with van der Waals surface area (Å²) in [5, 5.41) is 9.80. The minimum absolute atomic E-state index is 0.309. The first-order valence-corrected chi connectivity index (χ1v) is 11.2. The fourth-order valence-electron chi connectivity index (χ4n) is 4.10. The molecule has 0 bridgehead atoms. The van der Waals surface area contributed by atoms with E-state index in [-0.39, 0.29) is 5.41 Å². The minimum atomic E-state index is -0.309. The topological polar surface area (TPSA) is 23.8 Å². The molecule has 1 nitrogen and oxygen atoms in total. The number of rotatable bonds is 10. The van der Waals surface area contributed by atoms with Gasteiger partial charge < -0.3 is 0 Å². The summed E-state index contributed by atoms with van der Waals surface area (Å²) in [5.74, 6) is 0. The average Bonchev–Trinajstić information content (AvgIpc) is 2.80. The van der Waals surface area contributed by atoms with Gasteiger partial charge >= 0.3 is 0 Å². The van der Waals surface area contributed by atoms with Crippen molar-refractivity contribution in [3.8, 4) is 17.2 Å². The van der Waals surface area contributed by atoms with E-state index >= 15 is 0 Å². The summed E-state index contributed by atoms with van der Waals surface area (Å²) in [4.78, 5) is 0. The molecule has 29 heavy (non-hydrogen) atoms. The molecule has 0 aromatic heterocycles. The van der Waals surface area contributed by atoms with Crippen LogP contribution in [-0.4, -0.2) is 0 Å². The van der Waals surface area contributed by atoms with Gasteiger partial charge in [-0.05, 0) is 35.1 Å². The van der Waals surface area contributed by atoms with Gasteiger partial charge in [-0.2, -0.15) is 5.26 Å². The smallest absolute Gasteiger partial charge is 0.0791 e. The highest BCUT2D eigenvalue weighted by Crippen LogP contribution is 2.37. The second-order valence-electron chi connectivity index (χ2n) is 8.28. The summed E-state index contributed by atoms with van der Waals surface area (Å²) in [5.41, 5.74) is 4.63. The van der Waals surface area contributed by atoms with Gasteiger partial charge in [0.1, 0.15) is 0 Å². The Morgan fingerprint density at radius 3 is 2.03 bits per heavy atom. The van der Waals surface area contributed by atoms with Gasteiger partial charge in [-0.3, -0.25) is 0 Å². The monoisotopic (exact) mass is 383 g/mol. The fraction of sp³-hybridized carbons (Fsp3) is 0.393. The van der Waals surface area contributed by atoms with Crippen molar-refractivity contribution in [1.82, 2.24) is 0 Å². The van der Waals surface area contributed by atoms with Gasteiger partial charge in [0.2, 0.25) is 0 Å². The number of benzene rings is 2. The van der Waals surface area contributed by atoms with Crippen molar-refractivity contribution in [3.63, 3.8) is 0 Å². The molecule has 0 amide bonds. The van der Waals surface area contributed by atoms with E-state index in [9.17, 15) is 5.26 Å². The molecule has 2 aromatic rings. The summed E-state index contributed by atoms with van der Waals surface area (Å²) in [6.45, 7) is 2.26. The van der Waals surface area contributed by atoms with Crippen LogP contribution in [0, 0.1) is 16.7 Å². The van der Waals surface area contributed by atoms with Gasteiger partial charge in [0, 0.05) is 0 Å². The van der Waals surface area contributed by atoms with Crippen molar-refractivity contribution < 1.29 is 0 Å². The van der Waals surface area contributed by atoms with Crippen LogP contribution in [0.3, 0.4) is 0 Å². The Balaban J connectivity index is 1.54. The van der Waals surface area contributed by atoms with E-state index in [1.165, 1.54) is 60.8 Å². The minimum Gasteiger partial charge on any atom is -0.197 e. The van der Waals surface area contributed by atoms with Crippen LogP contribution in [0.25, 0.3) is 16.7 Å². The van der Waals surface area contributed by atoms with Crippen LogP contribution in [-0.2, 0) is 0 Å². The van der Waals surface area contributed by atoms with Crippen molar-refractivity contribution in [2.75, 3.05) is 0 Å². The molecule has 0 fully saturated rings. The van der Waals surface area contributed by atoms with Crippen LogP contribution in [0.15, 0.2) is 72.8 Å². The van der Waals surface area contributed by atoms with Gasteiger partial charge in [-0.1, -0.05) is 125 Å². The second kappa shape index (κ2) is 10.8. The summed E-state index contributed by atoms with van der Waals surface area (Å²) in [6.07, 6.45) is 17.4. The first-order valence-electron chi connectivity index (χ1n) is 11.2. The predicted molar refractivity (Wildman–Crippen MR) is 124 cm³/mol. The molecule has 0 heterocycles. The highest BCUT2D eigenvalue weighted by molar-refractivity contribution is 5.77. The lowest BCUT2D eigenvalue weighted by atomic mass is 9.76. The van der Waals surface area contributed by atoms with E-state index in [1.54, 1.807) is 0 Å². The van der Waals surface area contributed by atoms with E-state index in [1.807, 2.05) is 6.07 Å². The lowest BCUT2D eigenvalue weighted by Gasteiger charge is -2.25. The standard InChI is InChI=1S/C28H33N/c1-2-3-4-5-6-7-11-20-28(23-29)21-18-27(19-22-28)26-16-14-25(15-17-26)24-12-9-8-10-13-24/h8-10,12-19,21H,2-7,11,20,22H2,1H3. The molecule has 0 spiro atoms. The third-order valence-electron chi connectivity index (χ3n) is 6.04. The van der Waals surface area contributed by atoms with E-state index in [0.29, 0.717) is 0 Å². The third kappa shape index (κ3) is 5.94. The molecule has 1 aliphatic carbocycles. The largest absolute Gasteiger partial charge is 0.197 e. The van der Waals surface area contributed by atoms with E-state index < -0.39 is 0 Å². The molecule has 0 saturated carbocycles. The van der Waals surface area contributed by atoms with E-state index in [0.717, 1.165) is 19.3 Å². The normalized spacial score (nSPS) is 18.3. The first kappa shape index (κ1) is 21.1. The van der Waals surface area contributed by atoms with Crippen LogP contribution < -0.4 is 0 Å². The molecule has 0 N–H and O–H groups in total. The molecule has 2 aromatic carbocycles. The Kier molecular flexibility index (Phi) is 7.88. The lowest BCUT2D eigenvalue weighted by molar-refractivity contribution is 0.431. The Labute approximate surface area is 176 Å². The predicted octanol–water partition coefficient (Wildman–Crippen LogP) is 8.35. The van der Waals surface area contributed by atoms with Gasteiger partial charge in [0.05, 0.1) is 11.5 Å². The summed E-state index contributed by atoms with van der Waals surface area (Å²) in [6, 6.07) is 21.8. The van der Waals surface area contributed by atoms with Crippen LogP contribution in [0.1, 0.15) is 70.3 Å². The quantitative estimate of drug-likeness (QED) is 0.378. The number of unbranched alkanes of at least 4 members (excludes halogenated alkanes) is 6. The second-order valence-corrected chi connectivity index (χ2v) is 8.28. The zero-order valence-electron chi connectivity index (χ0n) is 17.7. The molecular weight excluding hydrogens is 350 g/mol. The molecule has 0 radical (unpaired) electrons. The summed E-state index contributed by atoms with van der Waals surface area (Å²) in [7, 11) is 0. The van der Waals surface area contributed by atoms with Crippen molar-refractivity contribution in [2.45, 2.75) is 64.7 Å². The Morgan fingerprint density at radius 1 is 0.793 bits per heavy atom. The van der Waals surface area contributed by atoms with Crippen LogP contribution >= 0.6 is 0 Å². The summed E-state index contributed by atoms with van der Waals surface area (Å²) < 4.78 is 0. The Hall–Kier alpha value is -2.59. The van der Waals surface area contributed by atoms with Crippen molar-refractivity contribution >= 4 is 5.57 Å². The zero-order valence-corrected chi connectivity index (χ0v) is 17.7. The maximum absolute atomic E-state index is 9.80. The van der Waals surface area contributed by atoms with Crippen LogP contribution in [0.4, 0.5) is 0 Å². The number of nitriles is 1. The third-order valence-corrected chi connectivity index (χ3v) is 6.04. The van der Waals surface area contributed by atoms with Gasteiger partial charge in [0.25, 0.3) is 0 Å².